The van der Waals surface area contributed by atoms with E-state index in [1.807, 2.05) is 12.1 Å². The van der Waals surface area contributed by atoms with E-state index in [9.17, 15) is 13.2 Å². The molecule has 0 aliphatic heterocycles. The number of hydrogen-bond donors (Lipinski definition) is 2. The minimum absolute atomic E-state index is 0.0616. The predicted molar refractivity (Wildman–Crippen MR) is 120 cm³/mol. The lowest BCUT2D eigenvalue weighted by molar-refractivity contribution is 0.0929. The minimum atomic E-state index is -3.75. The van der Waals surface area contributed by atoms with Gasteiger partial charge in [-0.3, -0.25) is 14.5 Å². The Bertz CT molecular complexity index is 1190. The van der Waals surface area contributed by atoms with Gasteiger partial charge in [-0.05, 0) is 65.8 Å². The van der Waals surface area contributed by atoms with Crippen LogP contribution in [0.2, 0.25) is 0 Å². The Balaban J connectivity index is 1.49. The van der Waals surface area contributed by atoms with Gasteiger partial charge in [-0.15, -0.1) is 0 Å². The molecule has 0 fully saturated rings. The van der Waals surface area contributed by atoms with Crippen LogP contribution in [0.4, 0.5) is 5.69 Å². The molecule has 1 aromatic heterocycles. The van der Waals surface area contributed by atoms with Crippen LogP contribution in [0.3, 0.4) is 0 Å². The molecule has 160 valence electrons. The first kappa shape index (κ1) is 21.1. The van der Waals surface area contributed by atoms with Crippen LogP contribution in [0.5, 0.6) is 0 Å². The molecular formula is C24H25N3O3S. The minimum Gasteiger partial charge on any atom is -0.345 e. The average Bonchev–Trinajstić information content (AvgIpc) is 2.76. The maximum absolute atomic E-state index is 12.9. The molecule has 4 rings (SSSR count). The number of nitrogens with one attached hydrogen (secondary N) is 2. The lowest BCUT2D eigenvalue weighted by Crippen LogP contribution is -2.35. The summed E-state index contributed by atoms with van der Waals surface area (Å²) in [6.07, 6.45) is 4.86. The Hall–Kier alpha value is -3.19. The third-order valence-corrected chi connectivity index (χ3v) is 7.19. The molecule has 0 saturated heterocycles. The molecule has 0 bridgehead atoms. The fraction of sp³-hybridized carbons (Fsp3) is 0.250. The zero-order chi connectivity index (χ0) is 22.1. The number of aromatic nitrogens is 1. The monoisotopic (exact) mass is 435 g/mol. The van der Waals surface area contributed by atoms with Crippen molar-refractivity contribution in [3.05, 3.63) is 89.7 Å². The summed E-state index contributed by atoms with van der Waals surface area (Å²) in [6.45, 7) is 4.45. The molecule has 2 N–H and O–H groups in total. The molecular weight excluding hydrogens is 410 g/mol. The molecule has 1 atom stereocenters. The largest absolute Gasteiger partial charge is 0.345 e. The molecule has 1 aliphatic rings. The molecule has 1 aliphatic carbocycles. The van der Waals surface area contributed by atoms with Gasteiger partial charge < -0.3 is 5.32 Å². The van der Waals surface area contributed by atoms with E-state index in [-0.39, 0.29) is 22.3 Å². The Labute approximate surface area is 182 Å². The summed E-state index contributed by atoms with van der Waals surface area (Å²) in [6, 6.07) is 17.3. The normalized spacial score (nSPS) is 17.4. The number of rotatable bonds is 5. The van der Waals surface area contributed by atoms with Crippen molar-refractivity contribution in [3.63, 3.8) is 0 Å². The van der Waals surface area contributed by atoms with E-state index in [2.05, 4.69) is 41.0 Å². The molecule has 0 radical (unpaired) electrons. The number of anilines is 1. The Morgan fingerprint density at radius 2 is 1.68 bits per heavy atom. The number of hydrogen-bond acceptors (Lipinski definition) is 4. The smallest absolute Gasteiger partial charge is 0.261 e. The standard InChI is InChI=1S/C24H25N3O3S/c1-24(2)14-11-22(20-5-3-4-6-21(20)24)26-23(28)17-7-9-19(10-8-17)31(29,30)27-18-12-15-25-16-13-18/h3-10,12-13,15-16,22H,11,14H2,1-2H3,(H,25,27)(H,26,28). The van der Waals surface area contributed by atoms with Crippen molar-refractivity contribution >= 4 is 21.6 Å². The molecule has 31 heavy (non-hydrogen) atoms. The van der Waals surface area contributed by atoms with Crippen molar-refractivity contribution in [1.82, 2.24) is 10.3 Å². The van der Waals surface area contributed by atoms with Gasteiger partial charge in [0, 0.05) is 18.0 Å². The molecule has 1 heterocycles. The number of carbonyl (C=O) groups is 1. The highest BCUT2D eigenvalue weighted by Gasteiger charge is 2.33. The Kier molecular flexibility index (Phi) is 5.54. The highest BCUT2D eigenvalue weighted by molar-refractivity contribution is 7.92. The second-order valence-corrected chi connectivity index (χ2v) is 10.1. The summed E-state index contributed by atoms with van der Waals surface area (Å²) in [5.41, 5.74) is 3.33. The second-order valence-electron chi connectivity index (χ2n) is 8.40. The van der Waals surface area contributed by atoms with Gasteiger partial charge >= 0.3 is 0 Å². The van der Waals surface area contributed by atoms with Gasteiger partial charge in [-0.2, -0.15) is 0 Å². The third kappa shape index (κ3) is 4.46. The van der Waals surface area contributed by atoms with Crippen molar-refractivity contribution in [1.29, 1.82) is 0 Å². The topological polar surface area (TPSA) is 88.2 Å². The van der Waals surface area contributed by atoms with Crippen LogP contribution < -0.4 is 10.0 Å². The average molecular weight is 436 g/mol. The third-order valence-electron chi connectivity index (χ3n) is 5.79. The fourth-order valence-corrected chi connectivity index (χ4v) is 5.08. The van der Waals surface area contributed by atoms with Crippen molar-refractivity contribution in [2.75, 3.05) is 4.72 Å². The number of pyridine rings is 1. The van der Waals surface area contributed by atoms with E-state index in [1.54, 1.807) is 12.1 Å². The molecule has 6 nitrogen and oxygen atoms in total. The van der Waals surface area contributed by atoms with Crippen molar-refractivity contribution < 1.29 is 13.2 Å². The summed E-state index contributed by atoms with van der Waals surface area (Å²) >= 11 is 0. The first-order valence-electron chi connectivity index (χ1n) is 10.2. The molecule has 2 aromatic carbocycles. The number of benzene rings is 2. The molecule has 3 aromatic rings. The molecule has 1 amide bonds. The molecule has 0 spiro atoms. The zero-order valence-electron chi connectivity index (χ0n) is 17.5. The number of amides is 1. The van der Waals surface area contributed by atoms with E-state index < -0.39 is 10.0 Å². The SMILES string of the molecule is CC1(C)CCC(NC(=O)c2ccc(S(=O)(=O)Nc3ccncc3)cc2)c2ccccc21. The maximum atomic E-state index is 12.9. The maximum Gasteiger partial charge on any atom is 0.261 e. The van der Waals surface area contributed by atoms with Gasteiger partial charge in [0.15, 0.2) is 0 Å². The molecule has 1 unspecified atom stereocenters. The van der Waals surface area contributed by atoms with Crippen LogP contribution in [-0.2, 0) is 15.4 Å². The van der Waals surface area contributed by atoms with Gasteiger partial charge in [0.1, 0.15) is 0 Å². The van der Waals surface area contributed by atoms with Crippen LogP contribution in [0.1, 0.15) is 54.2 Å². The van der Waals surface area contributed by atoms with Gasteiger partial charge in [0.2, 0.25) is 0 Å². The highest BCUT2D eigenvalue weighted by atomic mass is 32.2. The summed E-state index contributed by atoms with van der Waals surface area (Å²) in [5, 5.41) is 3.12. The van der Waals surface area contributed by atoms with Crippen LogP contribution in [0.25, 0.3) is 0 Å². The number of carbonyl (C=O) groups excluding carboxylic acids is 1. The summed E-state index contributed by atoms with van der Waals surface area (Å²) in [7, 11) is -3.75. The number of nitrogens with zero attached hydrogens (tertiary/aromatic N) is 1. The summed E-state index contributed by atoms with van der Waals surface area (Å²) in [5.74, 6) is -0.217. The molecule has 7 heteroatoms. The predicted octanol–water partition coefficient (Wildman–Crippen LogP) is 4.42. The van der Waals surface area contributed by atoms with Crippen molar-refractivity contribution in [2.45, 2.75) is 43.0 Å². The van der Waals surface area contributed by atoms with Gasteiger partial charge in [-0.25, -0.2) is 8.42 Å². The van der Waals surface area contributed by atoms with E-state index >= 15 is 0 Å². The number of fused-ring (bicyclic) bond motifs is 1. The molecule has 0 saturated carbocycles. The van der Waals surface area contributed by atoms with Crippen molar-refractivity contribution in [3.8, 4) is 0 Å². The summed E-state index contributed by atoms with van der Waals surface area (Å²) < 4.78 is 27.6. The van der Waals surface area contributed by atoms with Crippen LogP contribution in [0, 0.1) is 0 Å². The highest BCUT2D eigenvalue weighted by Crippen LogP contribution is 2.41. The van der Waals surface area contributed by atoms with E-state index in [1.165, 1.54) is 42.2 Å². The lowest BCUT2D eigenvalue weighted by Gasteiger charge is -2.37. The first-order chi connectivity index (χ1) is 14.8. The van der Waals surface area contributed by atoms with Crippen LogP contribution in [-0.4, -0.2) is 19.3 Å². The zero-order valence-corrected chi connectivity index (χ0v) is 18.3. The summed E-state index contributed by atoms with van der Waals surface area (Å²) in [4.78, 5) is 16.8. The fourth-order valence-electron chi connectivity index (χ4n) is 4.02. The van der Waals surface area contributed by atoms with E-state index in [0.717, 1.165) is 18.4 Å². The van der Waals surface area contributed by atoms with Gasteiger partial charge in [-0.1, -0.05) is 38.1 Å². The quantitative estimate of drug-likeness (QED) is 0.621. The Morgan fingerprint density at radius 3 is 2.39 bits per heavy atom. The van der Waals surface area contributed by atoms with Gasteiger partial charge in [0.25, 0.3) is 15.9 Å². The van der Waals surface area contributed by atoms with E-state index in [0.29, 0.717) is 11.3 Å². The first-order valence-corrected chi connectivity index (χ1v) is 11.7. The van der Waals surface area contributed by atoms with Crippen LogP contribution >= 0.6 is 0 Å². The number of sulfonamides is 1. The lowest BCUT2D eigenvalue weighted by atomic mass is 9.71. The Morgan fingerprint density at radius 1 is 1.00 bits per heavy atom. The van der Waals surface area contributed by atoms with E-state index in [4.69, 9.17) is 0 Å². The van der Waals surface area contributed by atoms with Crippen molar-refractivity contribution in [2.24, 2.45) is 0 Å². The van der Waals surface area contributed by atoms with Crippen LogP contribution in [0.15, 0.2) is 78.0 Å². The van der Waals surface area contributed by atoms with Gasteiger partial charge in [0.05, 0.1) is 16.6 Å². The second kappa shape index (κ2) is 8.15.